The second kappa shape index (κ2) is 5.56. The predicted octanol–water partition coefficient (Wildman–Crippen LogP) is 2.14. The van der Waals surface area contributed by atoms with Crippen LogP contribution in [0.3, 0.4) is 0 Å². The van der Waals surface area contributed by atoms with Gasteiger partial charge in [0.1, 0.15) is 6.61 Å². The van der Waals surface area contributed by atoms with Crippen LogP contribution in [0.15, 0.2) is 36.7 Å². The van der Waals surface area contributed by atoms with Gasteiger partial charge in [-0.2, -0.15) is 5.10 Å². The second-order valence-corrected chi connectivity index (χ2v) is 4.60. The number of aromatic nitrogens is 2. The number of primary amides is 1. The van der Waals surface area contributed by atoms with Crippen LogP contribution in [0, 0.1) is 0 Å². The van der Waals surface area contributed by atoms with Crippen LogP contribution in [0.2, 0.25) is 0 Å². The fourth-order valence-corrected chi connectivity index (χ4v) is 1.61. The van der Waals surface area contributed by atoms with E-state index < -0.39 is 5.91 Å². The maximum atomic E-state index is 10.9. The molecule has 100 valence electrons. The zero-order valence-electron chi connectivity index (χ0n) is 11.0. The number of hydrogen-bond donors (Lipinski definition) is 1. The molecule has 5 nitrogen and oxygen atoms in total. The van der Waals surface area contributed by atoms with Crippen molar-refractivity contribution in [1.82, 2.24) is 9.78 Å². The van der Waals surface area contributed by atoms with Crippen molar-refractivity contribution in [2.45, 2.75) is 26.5 Å². The number of amides is 1. The lowest BCUT2D eigenvalue weighted by Gasteiger charge is -2.05. The Bertz CT molecular complexity index is 558. The molecule has 0 aliphatic rings. The van der Waals surface area contributed by atoms with Gasteiger partial charge in [-0.15, -0.1) is 0 Å². The van der Waals surface area contributed by atoms with Crippen LogP contribution in [0.5, 0.6) is 5.75 Å². The van der Waals surface area contributed by atoms with E-state index in [-0.39, 0.29) is 0 Å². The molecule has 1 aromatic heterocycles. The molecular weight excluding hydrogens is 242 g/mol. The molecule has 0 spiro atoms. The molecule has 0 atom stereocenters. The van der Waals surface area contributed by atoms with Crippen molar-refractivity contribution < 1.29 is 9.53 Å². The zero-order chi connectivity index (χ0) is 13.8. The van der Waals surface area contributed by atoms with E-state index in [2.05, 4.69) is 18.9 Å². The second-order valence-electron chi connectivity index (χ2n) is 4.60. The Morgan fingerprint density at radius 3 is 2.58 bits per heavy atom. The van der Waals surface area contributed by atoms with Crippen molar-refractivity contribution in [2.24, 2.45) is 5.73 Å². The summed E-state index contributed by atoms with van der Waals surface area (Å²) in [6.45, 7) is 4.54. The van der Waals surface area contributed by atoms with Crippen molar-refractivity contribution in [3.8, 4) is 5.75 Å². The molecule has 0 aliphatic carbocycles. The summed E-state index contributed by atoms with van der Waals surface area (Å²) in [6.07, 6.45) is 3.56. The first kappa shape index (κ1) is 13.1. The lowest BCUT2D eigenvalue weighted by Crippen LogP contribution is -2.10. The number of nitrogens with two attached hydrogens (primary N) is 1. The number of rotatable bonds is 5. The van der Waals surface area contributed by atoms with E-state index in [1.165, 1.54) is 0 Å². The van der Waals surface area contributed by atoms with Crippen molar-refractivity contribution in [1.29, 1.82) is 0 Å². The first-order valence-corrected chi connectivity index (χ1v) is 6.12. The molecule has 0 saturated heterocycles. The Hall–Kier alpha value is -2.30. The van der Waals surface area contributed by atoms with E-state index in [1.54, 1.807) is 18.3 Å². The molecule has 0 saturated carbocycles. The summed E-state index contributed by atoms with van der Waals surface area (Å²) in [5, 5.41) is 4.20. The predicted molar refractivity (Wildman–Crippen MR) is 71.9 cm³/mol. The molecule has 1 aromatic carbocycles. The van der Waals surface area contributed by atoms with E-state index in [0.717, 1.165) is 11.3 Å². The zero-order valence-corrected chi connectivity index (χ0v) is 11.0. The monoisotopic (exact) mass is 259 g/mol. The molecule has 2 rings (SSSR count). The fourth-order valence-electron chi connectivity index (χ4n) is 1.61. The third kappa shape index (κ3) is 3.34. The molecule has 19 heavy (non-hydrogen) atoms. The topological polar surface area (TPSA) is 70.1 Å². The van der Waals surface area contributed by atoms with Gasteiger partial charge in [-0.05, 0) is 31.5 Å². The van der Waals surface area contributed by atoms with Crippen molar-refractivity contribution in [3.05, 3.63) is 47.8 Å². The molecule has 0 unspecified atom stereocenters. The molecule has 1 amide bonds. The van der Waals surface area contributed by atoms with Crippen molar-refractivity contribution >= 4 is 5.91 Å². The van der Waals surface area contributed by atoms with Gasteiger partial charge < -0.3 is 10.5 Å². The highest BCUT2D eigenvalue weighted by Crippen LogP contribution is 2.14. The molecule has 2 N–H and O–H groups in total. The molecule has 2 aromatic rings. The summed E-state index contributed by atoms with van der Waals surface area (Å²) in [5.74, 6) is 0.304. The number of benzene rings is 1. The first-order chi connectivity index (χ1) is 9.06. The van der Waals surface area contributed by atoms with E-state index in [9.17, 15) is 4.79 Å². The Labute approximate surface area is 112 Å². The van der Waals surface area contributed by atoms with Crippen LogP contribution >= 0.6 is 0 Å². The van der Waals surface area contributed by atoms with E-state index in [0.29, 0.717) is 18.2 Å². The van der Waals surface area contributed by atoms with Gasteiger partial charge in [0.15, 0.2) is 5.75 Å². The van der Waals surface area contributed by atoms with Gasteiger partial charge in [0.05, 0.1) is 12.4 Å². The maximum absolute atomic E-state index is 10.9. The summed E-state index contributed by atoms with van der Waals surface area (Å²) in [6, 6.07) is 7.35. The average Bonchev–Trinajstić information content (AvgIpc) is 2.86. The summed E-state index contributed by atoms with van der Waals surface area (Å²) in [4.78, 5) is 10.9. The van der Waals surface area contributed by atoms with Gasteiger partial charge in [0, 0.05) is 11.6 Å². The highest BCUT2D eigenvalue weighted by molar-refractivity contribution is 5.92. The van der Waals surface area contributed by atoms with Crippen LogP contribution in [0.4, 0.5) is 0 Å². The lowest BCUT2D eigenvalue weighted by molar-refractivity contribution is 0.1000. The first-order valence-electron chi connectivity index (χ1n) is 6.12. The smallest absolute Gasteiger partial charge is 0.248 e. The van der Waals surface area contributed by atoms with E-state index in [1.807, 2.05) is 23.0 Å². The van der Waals surface area contributed by atoms with Gasteiger partial charge >= 0.3 is 0 Å². The van der Waals surface area contributed by atoms with Gasteiger partial charge in [-0.25, -0.2) is 0 Å². The number of ether oxygens (including phenoxy) is 1. The quantitative estimate of drug-likeness (QED) is 0.894. The number of nitrogens with zero attached hydrogens (tertiary/aromatic N) is 2. The minimum atomic E-state index is -0.425. The van der Waals surface area contributed by atoms with Crippen LogP contribution in [0.1, 0.15) is 35.8 Å². The van der Waals surface area contributed by atoms with Crippen LogP contribution in [-0.2, 0) is 6.61 Å². The van der Waals surface area contributed by atoms with Crippen molar-refractivity contribution in [3.63, 3.8) is 0 Å². The summed E-state index contributed by atoms with van der Waals surface area (Å²) >= 11 is 0. The number of carbonyl (C=O) groups is 1. The Morgan fingerprint density at radius 2 is 2.05 bits per heavy atom. The Morgan fingerprint density at radius 1 is 1.37 bits per heavy atom. The summed E-state index contributed by atoms with van der Waals surface area (Å²) in [7, 11) is 0. The largest absolute Gasteiger partial charge is 0.486 e. The lowest BCUT2D eigenvalue weighted by atomic mass is 10.1. The van der Waals surface area contributed by atoms with E-state index in [4.69, 9.17) is 10.5 Å². The highest BCUT2D eigenvalue weighted by Gasteiger charge is 2.04. The molecule has 1 heterocycles. The molecule has 0 aliphatic heterocycles. The maximum Gasteiger partial charge on any atom is 0.248 e. The molecule has 0 bridgehead atoms. The van der Waals surface area contributed by atoms with Gasteiger partial charge in [-0.3, -0.25) is 9.48 Å². The minimum absolute atomic E-state index is 0.312. The highest BCUT2D eigenvalue weighted by atomic mass is 16.5. The number of hydrogen-bond acceptors (Lipinski definition) is 3. The summed E-state index contributed by atoms with van der Waals surface area (Å²) < 4.78 is 7.46. The van der Waals surface area contributed by atoms with Crippen LogP contribution in [0.25, 0.3) is 0 Å². The Balaban J connectivity index is 1.96. The SMILES string of the molecule is CC(C)n1cc(OCc2ccc(C(N)=O)cc2)cn1. The van der Waals surface area contributed by atoms with Crippen molar-refractivity contribution in [2.75, 3.05) is 0 Å². The third-order valence-corrected chi connectivity index (χ3v) is 2.75. The van der Waals surface area contributed by atoms with Gasteiger partial charge in [-0.1, -0.05) is 12.1 Å². The molecular formula is C14H17N3O2. The fraction of sp³-hybridized carbons (Fsp3) is 0.286. The average molecular weight is 259 g/mol. The van der Waals surface area contributed by atoms with Crippen LogP contribution < -0.4 is 10.5 Å². The minimum Gasteiger partial charge on any atom is -0.486 e. The van der Waals surface area contributed by atoms with Crippen LogP contribution in [-0.4, -0.2) is 15.7 Å². The number of carbonyl (C=O) groups excluding carboxylic acids is 1. The molecule has 0 radical (unpaired) electrons. The third-order valence-electron chi connectivity index (χ3n) is 2.75. The summed E-state index contributed by atoms with van der Waals surface area (Å²) in [5.41, 5.74) is 6.65. The molecule has 0 fully saturated rings. The Kier molecular flexibility index (Phi) is 3.85. The normalized spacial score (nSPS) is 10.7. The molecule has 5 heteroatoms. The van der Waals surface area contributed by atoms with Gasteiger partial charge in [0.25, 0.3) is 0 Å². The van der Waals surface area contributed by atoms with Gasteiger partial charge in [0.2, 0.25) is 5.91 Å². The van der Waals surface area contributed by atoms with E-state index >= 15 is 0 Å². The standard InChI is InChI=1S/C14H17N3O2/c1-10(2)17-8-13(7-16-17)19-9-11-3-5-12(6-4-11)14(15)18/h3-8,10H,9H2,1-2H3,(H2,15,18).